The number of carbonyl (C=O) groups excluding carboxylic acids is 2. The van der Waals surface area contributed by atoms with Gasteiger partial charge in [0.05, 0.1) is 4.88 Å². The molecule has 128 valence electrons. The summed E-state index contributed by atoms with van der Waals surface area (Å²) in [7, 11) is 3.34. The van der Waals surface area contributed by atoms with E-state index in [0.29, 0.717) is 27.1 Å². The molecule has 0 unspecified atom stereocenters. The second kappa shape index (κ2) is 6.64. The van der Waals surface area contributed by atoms with Crippen molar-refractivity contribution in [3.8, 4) is 0 Å². The van der Waals surface area contributed by atoms with Gasteiger partial charge in [-0.3, -0.25) is 9.59 Å². The first-order chi connectivity index (χ1) is 11.9. The highest BCUT2D eigenvalue weighted by atomic mass is 32.1. The standard InChI is InChI=1S/C19H17FN2O2S/c1-11-16-14(20)8-5-9-15(16)25-17(11)18(23)21-13-7-4-6-12(10-13)19(24)22(2)3/h4-10H,1-3H3,(H,21,23). The second-order valence-corrected chi connectivity index (χ2v) is 6.96. The van der Waals surface area contributed by atoms with E-state index in [1.165, 1.54) is 22.3 Å². The molecule has 25 heavy (non-hydrogen) atoms. The third-order valence-electron chi connectivity index (χ3n) is 3.88. The number of nitrogens with one attached hydrogen (secondary N) is 1. The van der Waals surface area contributed by atoms with Crippen LogP contribution >= 0.6 is 11.3 Å². The zero-order chi connectivity index (χ0) is 18.1. The van der Waals surface area contributed by atoms with Gasteiger partial charge in [0.25, 0.3) is 11.8 Å². The molecule has 0 atom stereocenters. The van der Waals surface area contributed by atoms with Crippen molar-refractivity contribution in [3.05, 3.63) is 64.3 Å². The maximum Gasteiger partial charge on any atom is 0.266 e. The highest BCUT2D eigenvalue weighted by Crippen LogP contribution is 2.33. The lowest BCUT2D eigenvalue weighted by atomic mass is 10.1. The SMILES string of the molecule is Cc1c(C(=O)Nc2cccc(C(=O)N(C)C)c2)sc2cccc(F)c12. The van der Waals surface area contributed by atoms with Crippen molar-refractivity contribution in [1.82, 2.24) is 4.90 Å². The fraction of sp³-hybridized carbons (Fsp3) is 0.158. The van der Waals surface area contributed by atoms with Gasteiger partial charge in [0, 0.05) is 35.4 Å². The Morgan fingerprint density at radius 2 is 1.84 bits per heavy atom. The van der Waals surface area contributed by atoms with Gasteiger partial charge in [0.15, 0.2) is 0 Å². The van der Waals surface area contributed by atoms with E-state index < -0.39 is 0 Å². The first-order valence-electron chi connectivity index (χ1n) is 7.69. The number of hydrogen-bond donors (Lipinski definition) is 1. The Morgan fingerprint density at radius 3 is 2.52 bits per heavy atom. The summed E-state index contributed by atoms with van der Waals surface area (Å²) >= 11 is 1.25. The lowest BCUT2D eigenvalue weighted by molar-refractivity contribution is 0.0827. The number of hydrogen-bond acceptors (Lipinski definition) is 3. The molecule has 0 saturated carbocycles. The van der Waals surface area contributed by atoms with Gasteiger partial charge in [-0.15, -0.1) is 11.3 Å². The Bertz CT molecular complexity index is 979. The summed E-state index contributed by atoms with van der Waals surface area (Å²) in [4.78, 5) is 26.6. The highest BCUT2D eigenvalue weighted by molar-refractivity contribution is 7.21. The van der Waals surface area contributed by atoms with Crippen molar-refractivity contribution in [1.29, 1.82) is 0 Å². The minimum Gasteiger partial charge on any atom is -0.345 e. The molecule has 3 rings (SSSR count). The number of fused-ring (bicyclic) bond motifs is 1. The Kier molecular flexibility index (Phi) is 4.55. The third-order valence-corrected chi connectivity index (χ3v) is 5.14. The summed E-state index contributed by atoms with van der Waals surface area (Å²) in [5, 5.41) is 3.27. The number of aryl methyl sites for hydroxylation is 1. The van der Waals surface area contributed by atoms with Crippen LogP contribution in [0.15, 0.2) is 42.5 Å². The Morgan fingerprint density at radius 1 is 1.12 bits per heavy atom. The predicted octanol–water partition coefficient (Wildman–Crippen LogP) is 4.30. The molecule has 1 aromatic heterocycles. The van der Waals surface area contributed by atoms with Gasteiger partial charge in [0.2, 0.25) is 0 Å². The molecule has 0 aliphatic carbocycles. The normalized spacial score (nSPS) is 10.7. The van der Waals surface area contributed by atoms with Crippen LogP contribution in [-0.2, 0) is 0 Å². The molecule has 0 fully saturated rings. The molecule has 4 nitrogen and oxygen atoms in total. The predicted molar refractivity (Wildman–Crippen MR) is 98.9 cm³/mol. The molecule has 1 N–H and O–H groups in total. The highest BCUT2D eigenvalue weighted by Gasteiger charge is 2.18. The molecular formula is C19H17FN2O2S. The number of nitrogens with zero attached hydrogens (tertiary/aromatic N) is 1. The van der Waals surface area contributed by atoms with E-state index in [9.17, 15) is 14.0 Å². The van der Waals surface area contributed by atoms with Gasteiger partial charge in [-0.05, 0) is 42.8 Å². The molecule has 2 aromatic carbocycles. The molecule has 1 heterocycles. The number of thiophene rings is 1. The number of halogens is 1. The van der Waals surface area contributed by atoms with Crippen LogP contribution in [0.5, 0.6) is 0 Å². The van der Waals surface area contributed by atoms with E-state index >= 15 is 0 Å². The number of anilines is 1. The van der Waals surface area contributed by atoms with Crippen LogP contribution in [-0.4, -0.2) is 30.8 Å². The molecular weight excluding hydrogens is 339 g/mol. The Balaban J connectivity index is 1.91. The lowest BCUT2D eigenvalue weighted by Crippen LogP contribution is -2.21. The van der Waals surface area contributed by atoms with E-state index in [1.54, 1.807) is 57.4 Å². The maximum absolute atomic E-state index is 14.0. The van der Waals surface area contributed by atoms with E-state index in [1.807, 2.05) is 0 Å². The number of amides is 2. The summed E-state index contributed by atoms with van der Waals surface area (Å²) in [6, 6.07) is 11.6. The van der Waals surface area contributed by atoms with Crippen LogP contribution < -0.4 is 5.32 Å². The van der Waals surface area contributed by atoms with Crippen LogP contribution in [0.2, 0.25) is 0 Å². The van der Waals surface area contributed by atoms with E-state index in [0.717, 1.165) is 4.70 Å². The van der Waals surface area contributed by atoms with Crippen molar-refractivity contribution < 1.29 is 14.0 Å². The zero-order valence-corrected chi connectivity index (χ0v) is 14.9. The molecule has 3 aromatic rings. The van der Waals surface area contributed by atoms with Gasteiger partial charge >= 0.3 is 0 Å². The molecule has 0 aliphatic rings. The monoisotopic (exact) mass is 356 g/mol. The van der Waals surface area contributed by atoms with Crippen LogP contribution in [0.25, 0.3) is 10.1 Å². The van der Waals surface area contributed by atoms with Gasteiger partial charge < -0.3 is 10.2 Å². The van der Waals surface area contributed by atoms with Crippen molar-refractivity contribution >= 4 is 38.9 Å². The van der Waals surface area contributed by atoms with Crippen molar-refractivity contribution in [2.75, 3.05) is 19.4 Å². The average molecular weight is 356 g/mol. The summed E-state index contributed by atoms with van der Waals surface area (Å²) < 4.78 is 14.7. The van der Waals surface area contributed by atoms with Gasteiger partial charge in [0.1, 0.15) is 5.82 Å². The summed E-state index contributed by atoms with van der Waals surface area (Å²) in [6.45, 7) is 1.74. The Hall–Kier alpha value is -2.73. The van der Waals surface area contributed by atoms with Gasteiger partial charge in [-0.25, -0.2) is 4.39 Å². The van der Waals surface area contributed by atoms with Crippen molar-refractivity contribution in [3.63, 3.8) is 0 Å². The lowest BCUT2D eigenvalue weighted by Gasteiger charge is -2.11. The van der Waals surface area contributed by atoms with Crippen molar-refractivity contribution in [2.45, 2.75) is 6.92 Å². The third kappa shape index (κ3) is 3.25. The molecule has 0 aliphatic heterocycles. The van der Waals surface area contributed by atoms with E-state index in [4.69, 9.17) is 0 Å². The van der Waals surface area contributed by atoms with Crippen LogP contribution in [0.1, 0.15) is 25.6 Å². The second-order valence-electron chi connectivity index (χ2n) is 5.90. The summed E-state index contributed by atoms with van der Waals surface area (Å²) in [5.74, 6) is -0.785. The molecule has 0 bridgehead atoms. The average Bonchev–Trinajstić information content (AvgIpc) is 2.92. The van der Waals surface area contributed by atoms with Crippen LogP contribution in [0, 0.1) is 12.7 Å². The maximum atomic E-state index is 14.0. The van der Waals surface area contributed by atoms with Gasteiger partial charge in [-0.2, -0.15) is 0 Å². The largest absolute Gasteiger partial charge is 0.345 e. The number of rotatable bonds is 3. The minimum atomic E-state index is -0.330. The topological polar surface area (TPSA) is 49.4 Å². The molecule has 0 radical (unpaired) electrons. The molecule has 6 heteroatoms. The van der Waals surface area contributed by atoms with Gasteiger partial charge in [-0.1, -0.05) is 12.1 Å². The molecule has 0 saturated heterocycles. The quantitative estimate of drug-likeness (QED) is 0.760. The van der Waals surface area contributed by atoms with Crippen molar-refractivity contribution in [2.24, 2.45) is 0 Å². The fourth-order valence-electron chi connectivity index (χ4n) is 2.65. The summed E-state index contributed by atoms with van der Waals surface area (Å²) in [6.07, 6.45) is 0. The number of benzene rings is 2. The number of carbonyl (C=O) groups is 2. The zero-order valence-electron chi connectivity index (χ0n) is 14.1. The molecule has 0 spiro atoms. The first kappa shape index (κ1) is 17.1. The Labute approximate surface area is 148 Å². The van der Waals surface area contributed by atoms with E-state index in [2.05, 4.69) is 5.32 Å². The molecule has 2 amide bonds. The summed E-state index contributed by atoms with van der Waals surface area (Å²) in [5.41, 5.74) is 1.63. The van der Waals surface area contributed by atoms with Crippen LogP contribution in [0.4, 0.5) is 10.1 Å². The minimum absolute atomic E-state index is 0.142. The smallest absolute Gasteiger partial charge is 0.266 e. The van der Waals surface area contributed by atoms with Crippen LogP contribution in [0.3, 0.4) is 0 Å². The first-order valence-corrected chi connectivity index (χ1v) is 8.51. The van der Waals surface area contributed by atoms with E-state index in [-0.39, 0.29) is 17.6 Å². The fourth-order valence-corrected chi connectivity index (χ4v) is 3.76.